The van der Waals surface area contributed by atoms with Crippen molar-refractivity contribution < 1.29 is 14.3 Å². The van der Waals surface area contributed by atoms with Gasteiger partial charge in [-0.15, -0.1) is 5.10 Å². The summed E-state index contributed by atoms with van der Waals surface area (Å²) in [5, 5.41) is 10.1. The topological polar surface area (TPSA) is 137 Å². The number of imidazole rings is 1. The van der Waals surface area contributed by atoms with Crippen LogP contribution in [-0.2, 0) is 5.41 Å². The minimum atomic E-state index is -0.368. The SMILES string of the molecule is NCC1(c2cccc(C(=O)Nc3cccc(Oc4ccc5nc(NC(=O)c6ccccn6)cn5n4)c3)c2)CC1. The van der Waals surface area contributed by atoms with Crippen molar-refractivity contribution in [2.75, 3.05) is 17.2 Å². The lowest BCUT2D eigenvalue weighted by atomic mass is 9.94. The van der Waals surface area contributed by atoms with Gasteiger partial charge in [-0.05, 0) is 60.9 Å². The Labute approximate surface area is 223 Å². The molecule has 10 heteroatoms. The number of anilines is 2. The van der Waals surface area contributed by atoms with Crippen LogP contribution in [0.25, 0.3) is 5.65 Å². The Balaban J connectivity index is 1.14. The van der Waals surface area contributed by atoms with Crippen molar-refractivity contribution in [3.05, 3.63) is 108 Å². The summed E-state index contributed by atoms with van der Waals surface area (Å²) in [5.41, 5.74) is 9.07. The van der Waals surface area contributed by atoms with Crippen LogP contribution in [0.1, 0.15) is 39.3 Å². The Hall–Kier alpha value is -5.09. The third kappa shape index (κ3) is 5.18. The molecule has 5 aromatic rings. The van der Waals surface area contributed by atoms with E-state index >= 15 is 0 Å². The molecule has 0 saturated heterocycles. The molecule has 194 valence electrons. The Morgan fingerprint density at radius 1 is 0.949 bits per heavy atom. The molecule has 3 aromatic heterocycles. The van der Waals surface area contributed by atoms with Gasteiger partial charge in [0.2, 0.25) is 5.88 Å². The smallest absolute Gasteiger partial charge is 0.275 e. The number of carbonyl (C=O) groups is 2. The molecule has 6 rings (SSSR count). The number of aromatic nitrogens is 4. The number of amides is 2. The second-order valence-corrected chi connectivity index (χ2v) is 9.42. The van der Waals surface area contributed by atoms with Crippen LogP contribution in [0, 0.1) is 0 Å². The van der Waals surface area contributed by atoms with Crippen molar-refractivity contribution in [1.82, 2.24) is 19.6 Å². The molecule has 1 fully saturated rings. The van der Waals surface area contributed by atoms with Crippen molar-refractivity contribution in [1.29, 1.82) is 0 Å². The largest absolute Gasteiger partial charge is 0.438 e. The van der Waals surface area contributed by atoms with Gasteiger partial charge in [-0.3, -0.25) is 14.6 Å². The number of hydrogen-bond donors (Lipinski definition) is 3. The van der Waals surface area contributed by atoms with Crippen molar-refractivity contribution in [3.63, 3.8) is 0 Å². The Kier molecular flexibility index (Phi) is 6.22. The molecule has 2 aromatic carbocycles. The number of hydrogen-bond acceptors (Lipinski definition) is 7. The van der Waals surface area contributed by atoms with E-state index in [0.717, 1.165) is 18.4 Å². The van der Waals surface area contributed by atoms with Gasteiger partial charge in [0.05, 0.1) is 6.20 Å². The Morgan fingerprint density at radius 3 is 2.62 bits per heavy atom. The van der Waals surface area contributed by atoms with Crippen LogP contribution in [0.2, 0.25) is 0 Å². The van der Waals surface area contributed by atoms with Gasteiger partial charge in [0.15, 0.2) is 11.5 Å². The fourth-order valence-corrected chi connectivity index (χ4v) is 4.37. The molecule has 4 N–H and O–H groups in total. The molecule has 0 bridgehead atoms. The minimum Gasteiger partial charge on any atom is -0.438 e. The number of ether oxygens (including phenoxy) is 1. The number of fused-ring (bicyclic) bond motifs is 1. The van der Waals surface area contributed by atoms with Crippen LogP contribution in [0.4, 0.5) is 11.5 Å². The molecule has 1 aliphatic carbocycles. The zero-order chi connectivity index (χ0) is 26.8. The Bertz CT molecular complexity index is 1680. The summed E-state index contributed by atoms with van der Waals surface area (Å²) in [4.78, 5) is 33.7. The first-order chi connectivity index (χ1) is 19.0. The predicted molar refractivity (Wildman–Crippen MR) is 146 cm³/mol. The summed E-state index contributed by atoms with van der Waals surface area (Å²) >= 11 is 0. The van der Waals surface area contributed by atoms with E-state index in [4.69, 9.17) is 10.5 Å². The van der Waals surface area contributed by atoms with Crippen LogP contribution in [0.3, 0.4) is 0 Å². The molecule has 3 heterocycles. The van der Waals surface area contributed by atoms with Crippen molar-refractivity contribution in [2.45, 2.75) is 18.3 Å². The lowest BCUT2D eigenvalue weighted by Crippen LogP contribution is -2.20. The second-order valence-electron chi connectivity index (χ2n) is 9.42. The number of benzene rings is 2. The molecule has 1 aliphatic rings. The van der Waals surface area contributed by atoms with Gasteiger partial charge < -0.3 is 21.1 Å². The fraction of sp³-hybridized carbons (Fsp3) is 0.138. The van der Waals surface area contributed by atoms with E-state index in [1.54, 1.807) is 73.1 Å². The molecule has 0 atom stereocenters. The molecule has 0 unspecified atom stereocenters. The predicted octanol–water partition coefficient (Wildman–Crippen LogP) is 4.41. The van der Waals surface area contributed by atoms with Crippen molar-refractivity contribution in [2.24, 2.45) is 5.73 Å². The monoisotopic (exact) mass is 519 g/mol. The quantitative estimate of drug-likeness (QED) is 0.276. The highest BCUT2D eigenvalue weighted by molar-refractivity contribution is 6.04. The van der Waals surface area contributed by atoms with Gasteiger partial charge in [-0.1, -0.05) is 24.3 Å². The summed E-state index contributed by atoms with van der Waals surface area (Å²) in [6, 6.07) is 23.2. The maximum atomic E-state index is 12.9. The van der Waals surface area contributed by atoms with Crippen LogP contribution in [0.15, 0.2) is 91.3 Å². The number of rotatable bonds is 8. The van der Waals surface area contributed by atoms with E-state index in [0.29, 0.717) is 40.9 Å². The average molecular weight is 520 g/mol. The number of pyridine rings is 1. The molecule has 0 radical (unpaired) electrons. The Morgan fingerprint density at radius 2 is 1.82 bits per heavy atom. The van der Waals surface area contributed by atoms with E-state index in [1.165, 1.54) is 4.52 Å². The van der Waals surface area contributed by atoms with E-state index < -0.39 is 0 Å². The standard InChI is InChI=1S/C29H25N7O3/c30-18-29(12-13-29)20-6-3-5-19(15-20)27(37)32-21-7-4-8-22(16-21)39-26-11-10-25-33-24(17-36(25)35-26)34-28(38)23-9-1-2-14-31-23/h1-11,14-17H,12-13,18,30H2,(H,32,37)(H,34,38). The highest BCUT2D eigenvalue weighted by atomic mass is 16.5. The number of carbonyl (C=O) groups excluding carboxylic acids is 2. The molecular weight excluding hydrogens is 494 g/mol. The second kappa shape index (κ2) is 9.99. The lowest BCUT2D eigenvalue weighted by molar-refractivity contribution is 0.101. The van der Waals surface area contributed by atoms with Crippen LogP contribution in [0.5, 0.6) is 11.6 Å². The maximum Gasteiger partial charge on any atom is 0.275 e. The van der Waals surface area contributed by atoms with E-state index in [9.17, 15) is 9.59 Å². The normalized spacial score (nSPS) is 13.6. The molecular formula is C29H25N7O3. The zero-order valence-electron chi connectivity index (χ0n) is 20.9. The highest BCUT2D eigenvalue weighted by Gasteiger charge is 2.42. The zero-order valence-corrected chi connectivity index (χ0v) is 20.9. The lowest BCUT2D eigenvalue weighted by Gasteiger charge is -2.14. The fourth-order valence-electron chi connectivity index (χ4n) is 4.37. The highest BCUT2D eigenvalue weighted by Crippen LogP contribution is 2.47. The summed E-state index contributed by atoms with van der Waals surface area (Å²) in [5.74, 6) is 0.572. The first-order valence-electron chi connectivity index (χ1n) is 12.5. The van der Waals surface area contributed by atoms with Gasteiger partial charge in [0.1, 0.15) is 11.4 Å². The van der Waals surface area contributed by atoms with Crippen LogP contribution in [-0.4, -0.2) is 37.9 Å². The van der Waals surface area contributed by atoms with Crippen LogP contribution < -0.4 is 21.1 Å². The van der Waals surface area contributed by atoms with E-state index in [1.807, 2.05) is 18.2 Å². The number of nitrogens with one attached hydrogen (secondary N) is 2. The minimum absolute atomic E-state index is 0.0127. The molecule has 0 spiro atoms. The van der Waals surface area contributed by atoms with Crippen molar-refractivity contribution >= 4 is 29.0 Å². The summed E-state index contributed by atoms with van der Waals surface area (Å²) in [7, 11) is 0. The molecule has 0 aliphatic heterocycles. The first-order valence-corrected chi connectivity index (χ1v) is 12.5. The van der Waals surface area contributed by atoms with Gasteiger partial charge in [-0.25, -0.2) is 9.50 Å². The third-order valence-electron chi connectivity index (χ3n) is 6.73. The van der Waals surface area contributed by atoms with Crippen molar-refractivity contribution in [3.8, 4) is 11.6 Å². The summed E-state index contributed by atoms with van der Waals surface area (Å²) < 4.78 is 7.45. The third-order valence-corrected chi connectivity index (χ3v) is 6.73. The first kappa shape index (κ1) is 24.3. The van der Waals surface area contributed by atoms with Gasteiger partial charge in [0.25, 0.3) is 11.8 Å². The summed E-state index contributed by atoms with van der Waals surface area (Å²) in [6.07, 6.45) is 5.24. The van der Waals surface area contributed by atoms with E-state index in [-0.39, 0.29) is 22.9 Å². The average Bonchev–Trinajstić information content (AvgIpc) is 3.67. The maximum absolute atomic E-state index is 12.9. The van der Waals surface area contributed by atoms with Gasteiger partial charge in [0, 0.05) is 41.5 Å². The van der Waals surface area contributed by atoms with Gasteiger partial charge in [-0.2, -0.15) is 0 Å². The molecule has 10 nitrogen and oxygen atoms in total. The number of nitrogens with two attached hydrogens (primary N) is 1. The van der Waals surface area contributed by atoms with E-state index in [2.05, 4.69) is 25.7 Å². The molecule has 1 saturated carbocycles. The number of nitrogens with zero attached hydrogens (tertiary/aromatic N) is 4. The van der Waals surface area contributed by atoms with Gasteiger partial charge >= 0.3 is 0 Å². The van der Waals surface area contributed by atoms with Crippen LogP contribution >= 0.6 is 0 Å². The molecule has 2 amide bonds. The summed E-state index contributed by atoms with van der Waals surface area (Å²) in [6.45, 7) is 0.581. The molecule has 39 heavy (non-hydrogen) atoms.